The van der Waals surface area contributed by atoms with E-state index in [9.17, 15) is 4.79 Å². The van der Waals surface area contributed by atoms with Crippen molar-refractivity contribution in [1.82, 2.24) is 0 Å². The van der Waals surface area contributed by atoms with Gasteiger partial charge in [0.05, 0.1) is 12.2 Å². The summed E-state index contributed by atoms with van der Waals surface area (Å²) in [5.74, 6) is -0.228. The van der Waals surface area contributed by atoms with Crippen molar-refractivity contribution < 1.29 is 9.53 Å². The molecule has 1 aromatic rings. The second-order valence-corrected chi connectivity index (χ2v) is 4.94. The normalized spacial score (nSPS) is 10.4. The van der Waals surface area contributed by atoms with Crippen molar-refractivity contribution >= 4 is 5.97 Å². The van der Waals surface area contributed by atoms with Gasteiger partial charge in [-0.2, -0.15) is 0 Å². The third kappa shape index (κ3) is 6.42. The second kappa shape index (κ2) is 9.60. The minimum atomic E-state index is -0.228. The van der Waals surface area contributed by atoms with Crippen molar-refractivity contribution in [2.75, 3.05) is 6.61 Å². The molecule has 0 fully saturated rings. The van der Waals surface area contributed by atoms with E-state index < -0.39 is 0 Å². The Labute approximate surface area is 117 Å². The van der Waals surface area contributed by atoms with Crippen LogP contribution in [0.4, 0.5) is 0 Å². The van der Waals surface area contributed by atoms with Crippen LogP contribution in [0.15, 0.2) is 24.3 Å². The van der Waals surface area contributed by atoms with Crippen LogP contribution in [0.2, 0.25) is 0 Å². The molecule has 0 bridgehead atoms. The van der Waals surface area contributed by atoms with Gasteiger partial charge in [-0.3, -0.25) is 0 Å². The fourth-order valence-electron chi connectivity index (χ4n) is 2.13. The first kappa shape index (κ1) is 15.7. The Hall–Kier alpha value is -1.31. The quantitative estimate of drug-likeness (QED) is 0.473. The molecule has 0 spiro atoms. The molecule has 1 aromatic carbocycles. The van der Waals surface area contributed by atoms with Crippen molar-refractivity contribution in [2.24, 2.45) is 0 Å². The van der Waals surface area contributed by atoms with Gasteiger partial charge in [-0.25, -0.2) is 4.79 Å². The van der Waals surface area contributed by atoms with Crippen LogP contribution in [0.25, 0.3) is 0 Å². The number of carbonyl (C=O) groups is 1. The van der Waals surface area contributed by atoms with Crippen LogP contribution in [-0.2, 0) is 11.2 Å². The molecule has 0 aromatic heterocycles. The lowest BCUT2D eigenvalue weighted by Gasteiger charge is -2.04. The topological polar surface area (TPSA) is 26.3 Å². The van der Waals surface area contributed by atoms with E-state index in [1.807, 2.05) is 31.2 Å². The molecule has 0 saturated carbocycles. The van der Waals surface area contributed by atoms with Crippen LogP contribution in [0.1, 0.15) is 68.3 Å². The molecule has 2 heteroatoms. The predicted molar refractivity (Wildman–Crippen MR) is 79.5 cm³/mol. The molecule has 0 aliphatic rings. The van der Waals surface area contributed by atoms with E-state index in [2.05, 4.69) is 6.92 Å². The highest BCUT2D eigenvalue weighted by Crippen LogP contribution is 2.11. The lowest BCUT2D eigenvalue weighted by molar-refractivity contribution is 0.0526. The second-order valence-electron chi connectivity index (χ2n) is 4.94. The molecule has 0 radical (unpaired) electrons. The molecule has 0 aliphatic heterocycles. The van der Waals surface area contributed by atoms with Crippen LogP contribution in [0, 0.1) is 0 Å². The van der Waals surface area contributed by atoms with E-state index in [0.717, 1.165) is 6.42 Å². The maximum atomic E-state index is 11.5. The number of aryl methyl sites for hydroxylation is 1. The van der Waals surface area contributed by atoms with Gasteiger partial charge in [0, 0.05) is 0 Å². The van der Waals surface area contributed by atoms with Crippen LogP contribution >= 0.6 is 0 Å². The number of ether oxygens (including phenoxy) is 1. The van der Waals surface area contributed by atoms with Crippen molar-refractivity contribution in [3.63, 3.8) is 0 Å². The Morgan fingerprint density at radius 1 is 0.947 bits per heavy atom. The lowest BCUT2D eigenvalue weighted by Crippen LogP contribution is -2.04. The van der Waals surface area contributed by atoms with Crippen molar-refractivity contribution in [1.29, 1.82) is 0 Å². The zero-order valence-electron chi connectivity index (χ0n) is 12.3. The first-order valence-corrected chi connectivity index (χ1v) is 7.54. The van der Waals surface area contributed by atoms with Crippen molar-refractivity contribution in [2.45, 2.75) is 58.8 Å². The highest BCUT2D eigenvalue weighted by Gasteiger charge is 2.05. The highest BCUT2D eigenvalue weighted by atomic mass is 16.5. The number of unbranched alkanes of at least 4 members (excludes halogenated alkanes) is 5. The van der Waals surface area contributed by atoms with Gasteiger partial charge in [0.1, 0.15) is 0 Å². The van der Waals surface area contributed by atoms with Gasteiger partial charge in [0.15, 0.2) is 0 Å². The molecular formula is C17H26O2. The lowest BCUT2D eigenvalue weighted by atomic mass is 10.0. The Kier molecular flexibility index (Phi) is 7.95. The van der Waals surface area contributed by atoms with Gasteiger partial charge < -0.3 is 4.74 Å². The van der Waals surface area contributed by atoms with Crippen molar-refractivity contribution in [3.8, 4) is 0 Å². The van der Waals surface area contributed by atoms with Crippen LogP contribution in [0.5, 0.6) is 0 Å². The fourth-order valence-corrected chi connectivity index (χ4v) is 2.13. The Balaban J connectivity index is 2.26. The fraction of sp³-hybridized carbons (Fsp3) is 0.588. The average Bonchev–Trinajstić information content (AvgIpc) is 2.43. The predicted octanol–water partition coefficient (Wildman–Crippen LogP) is 4.77. The molecule has 0 aliphatic carbocycles. The summed E-state index contributed by atoms with van der Waals surface area (Å²) in [7, 11) is 0. The first-order chi connectivity index (χ1) is 9.27. The van der Waals surface area contributed by atoms with E-state index in [-0.39, 0.29) is 5.97 Å². The highest BCUT2D eigenvalue weighted by molar-refractivity contribution is 5.89. The summed E-state index contributed by atoms with van der Waals surface area (Å²) in [5.41, 5.74) is 1.96. The molecule has 0 amide bonds. The average molecular weight is 262 g/mol. The van der Waals surface area contributed by atoms with Gasteiger partial charge in [-0.1, -0.05) is 51.2 Å². The largest absolute Gasteiger partial charge is 0.462 e. The third-order valence-corrected chi connectivity index (χ3v) is 3.28. The first-order valence-electron chi connectivity index (χ1n) is 7.54. The van der Waals surface area contributed by atoms with E-state index in [1.54, 1.807) is 0 Å². The van der Waals surface area contributed by atoms with Gasteiger partial charge in [0.25, 0.3) is 0 Å². The standard InChI is InChI=1S/C17H26O2/c1-3-5-6-7-8-9-10-15-11-13-16(14-12-15)17(18)19-4-2/h11-14H,3-10H2,1-2H3. The molecule has 0 N–H and O–H groups in total. The zero-order chi connectivity index (χ0) is 13.9. The van der Waals surface area contributed by atoms with Crippen LogP contribution < -0.4 is 0 Å². The molecule has 1 rings (SSSR count). The minimum Gasteiger partial charge on any atom is -0.462 e. The summed E-state index contributed by atoms with van der Waals surface area (Å²) in [5, 5.41) is 0. The van der Waals surface area contributed by atoms with Gasteiger partial charge in [0.2, 0.25) is 0 Å². The smallest absolute Gasteiger partial charge is 0.338 e. The minimum absolute atomic E-state index is 0.228. The summed E-state index contributed by atoms with van der Waals surface area (Å²) in [6.45, 7) is 4.49. The number of esters is 1. The molecule has 2 nitrogen and oxygen atoms in total. The Morgan fingerprint density at radius 2 is 1.58 bits per heavy atom. The van der Waals surface area contributed by atoms with Gasteiger partial charge >= 0.3 is 5.97 Å². The molecule has 0 atom stereocenters. The summed E-state index contributed by atoms with van der Waals surface area (Å²) in [6, 6.07) is 7.81. The third-order valence-electron chi connectivity index (χ3n) is 3.28. The van der Waals surface area contributed by atoms with E-state index in [0.29, 0.717) is 12.2 Å². The van der Waals surface area contributed by atoms with Crippen LogP contribution in [-0.4, -0.2) is 12.6 Å². The summed E-state index contributed by atoms with van der Waals surface area (Å²) >= 11 is 0. The molecule has 0 heterocycles. The molecular weight excluding hydrogens is 236 g/mol. The maximum absolute atomic E-state index is 11.5. The van der Waals surface area contributed by atoms with Gasteiger partial charge in [-0.15, -0.1) is 0 Å². The monoisotopic (exact) mass is 262 g/mol. The maximum Gasteiger partial charge on any atom is 0.338 e. The van der Waals surface area contributed by atoms with Gasteiger partial charge in [-0.05, 0) is 37.5 Å². The van der Waals surface area contributed by atoms with Crippen LogP contribution in [0.3, 0.4) is 0 Å². The zero-order valence-corrected chi connectivity index (χ0v) is 12.3. The number of rotatable bonds is 9. The number of benzene rings is 1. The van der Waals surface area contributed by atoms with E-state index in [4.69, 9.17) is 4.74 Å². The number of hydrogen-bond acceptors (Lipinski definition) is 2. The SMILES string of the molecule is CCCCCCCCc1ccc(C(=O)OCC)cc1. The summed E-state index contributed by atoms with van der Waals surface area (Å²) in [6.07, 6.45) is 9.01. The molecule has 0 saturated heterocycles. The summed E-state index contributed by atoms with van der Waals surface area (Å²) in [4.78, 5) is 11.5. The molecule has 106 valence electrons. The number of hydrogen-bond donors (Lipinski definition) is 0. The van der Waals surface area contributed by atoms with Crippen molar-refractivity contribution in [3.05, 3.63) is 35.4 Å². The summed E-state index contributed by atoms with van der Waals surface area (Å²) < 4.78 is 4.96. The van der Waals surface area contributed by atoms with E-state index >= 15 is 0 Å². The molecule has 0 unspecified atom stereocenters. The number of carbonyl (C=O) groups excluding carboxylic acids is 1. The Bertz CT molecular complexity index is 354. The Morgan fingerprint density at radius 3 is 2.21 bits per heavy atom. The van der Waals surface area contributed by atoms with E-state index in [1.165, 1.54) is 44.1 Å². The molecule has 19 heavy (non-hydrogen) atoms.